The standard InChI is InChI=1S/C13H17NO2/c1-2-7-14-13(15)11-8-10-5-3-4-6-12(10)16-9-11/h3-6,11H,2,7-9H2,1H3,(H,14,15)/t11-/m0/s1. The summed E-state index contributed by atoms with van der Waals surface area (Å²) in [5.74, 6) is 0.986. The van der Waals surface area contributed by atoms with Gasteiger partial charge in [0.05, 0.1) is 5.92 Å². The molecule has 0 saturated carbocycles. The van der Waals surface area contributed by atoms with Crippen LogP contribution in [0.1, 0.15) is 18.9 Å². The Labute approximate surface area is 95.8 Å². The number of nitrogens with one attached hydrogen (secondary N) is 1. The molecule has 1 amide bonds. The van der Waals surface area contributed by atoms with E-state index >= 15 is 0 Å². The molecular weight excluding hydrogens is 202 g/mol. The number of para-hydroxylation sites is 1. The molecular formula is C13H17NO2. The third-order valence-electron chi connectivity index (χ3n) is 2.80. The average molecular weight is 219 g/mol. The summed E-state index contributed by atoms with van der Waals surface area (Å²) in [5.41, 5.74) is 1.13. The first-order chi connectivity index (χ1) is 7.81. The minimum absolute atomic E-state index is 0.0403. The zero-order valence-corrected chi connectivity index (χ0v) is 9.53. The van der Waals surface area contributed by atoms with Gasteiger partial charge < -0.3 is 10.1 Å². The predicted molar refractivity (Wildman–Crippen MR) is 62.4 cm³/mol. The van der Waals surface area contributed by atoms with E-state index in [-0.39, 0.29) is 11.8 Å². The van der Waals surface area contributed by atoms with Gasteiger partial charge in [-0.3, -0.25) is 4.79 Å². The van der Waals surface area contributed by atoms with E-state index in [1.165, 1.54) is 0 Å². The predicted octanol–water partition coefficient (Wildman–Crippen LogP) is 1.76. The second kappa shape index (κ2) is 5.01. The van der Waals surface area contributed by atoms with E-state index < -0.39 is 0 Å². The zero-order valence-electron chi connectivity index (χ0n) is 9.53. The molecule has 0 radical (unpaired) electrons. The molecule has 1 atom stereocenters. The number of hydrogen-bond donors (Lipinski definition) is 1. The first-order valence-corrected chi connectivity index (χ1v) is 5.79. The maximum absolute atomic E-state index is 11.8. The van der Waals surface area contributed by atoms with Crippen LogP contribution in [0.4, 0.5) is 0 Å². The van der Waals surface area contributed by atoms with Gasteiger partial charge in [-0.15, -0.1) is 0 Å². The van der Waals surface area contributed by atoms with Gasteiger partial charge in [-0.1, -0.05) is 25.1 Å². The second-order valence-electron chi connectivity index (χ2n) is 4.11. The smallest absolute Gasteiger partial charge is 0.226 e. The molecule has 0 aromatic heterocycles. The van der Waals surface area contributed by atoms with E-state index in [1.807, 2.05) is 31.2 Å². The highest BCUT2D eigenvalue weighted by atomic mass is 16.5. The van der Waals surface area contributed by atoms with Crippen molar-refractivity contribution in [3.05, 3.63) is 29.8 Å². The summed E-state index contributed by atoms with van der Waals surface area (Å²) in [7, 11) is 0. The Balaban J connectivity index is 1.99. The first-order valence-electron chi connectivity index (χ1n) is 5.79. The van der Waals surface area contributed by atoms with Crippen LogP contribution in [0.3, 0.4) is 0 Å². The Bertz CT molecular complexity index is 376. The highest BCUT2D eigenvalue weighted by Crippen LogP contribution is 2.26. The van der Waals surface area contributed by atoms with Crippen molar-refractivity contribution in [2.75, 3.05) is 13.2 Å². The molecule has 16 heavy (non-hydrogen) atoms. The lowest BCUT2D eigenvalue weighted by Gasteiger charge is -2.24. The van der Waals surface area contributed by atoms with Gasteiger partial charge in [0.2, 0.25) is 5.91 Å². The fourth-order valence-electron chi connectivity index (χ4n) is 1.89. The summed E-state index contributed by atoms with van der Waals surface area (Å²) in [6, 6.07) is 7.91. The lowest BCUT2D eigenvalue weighted by molar-refractivity contribution is -0.126. The number of hydrogen-bond acceptors (Lipinski definition) is 2. The Morgan fingerprint density at radius 1 is 1.50 bits per heavy atom. The van der Waals surface area contributed by atoms with Crippen molar-refractivity contribution >= 4 is 5.91 Å². The molecule has 0 spiro atoms. The zero-order chi connectivity index (χ0) is 11.4. The van der Waals surface area contributed by atoms with Gasteiger partial charge in [-0.05, 0) is 24.5 Å². The topological polar surface area (TPSA) is 38.3 Å². The minimum Gasteiger partial charge on any atom is -0.492 e. The fourth-order valence-corrected chi connectivity index (χ4v) is 1.89. The monoisotopic (exact) mass is 219 g/mol. The van der Waals surface area contributed by atoms with Crippen LogP contribution in [0.2, 0.25) is 0 Å². The Kier molecular flexibility index (Phi) is 3.44. The Morgan fingerprint density at radius 2 is 2.31 bits per heavy atom. The van der Waals surface area contributed by atoms with Crippen molar-refractivity contribution in [1.82, 2.24) is 5.32 Å². The number of rotatable bonds is 3. The molecule has 1 N–H and O–H groups in total. The average Bonchev–Trinajstić information content (AvgIpc) is 2.35. The molecule has 1 aromatic rings. The van der Waals surface area contributed by atoms with Crippen molar-refractivity contribution in [2.24, 2.45) is 5.92 Å². The summed E-state index contributed by atoms with van der Waals surface area (Å²) in [6.07, 6.45) is 1.75. The van der Waals surface area contributed by atoms with Crippen LogP contribution in [-0.2, 0) is 11.2 Å². The third-order valence-corrected chi connectivity index (χ3v) is 2.80. The van der Waals surface area contributed by atoms with Crippen molar-refractivity contribution in [3.8, 4) is 5.75 Å². The third kappa shape index (κ3) is 2.35. The van der Waals surface area contributed by atoms with Crippen molar-refractivity contribution < 1.29 is 9.53 Å². The van der Waals surface area contributed by atoms with Crippen molar-refractivity contribution in [2.45, 2.75) is 19.8 Å². The summed E-state index contributed by atoms with van der Waals surface area (Å²) < 4.78 is 5.58. The summed E-state index contributed by atoms with van der Waals surface area (Å²) in [6.45, 7) is 3.29. The van der Waals surface area contributed by atoms with Crippen LogP contribution in [-0.4, -0.2) is 19.1 Å². The van der Waals surface area contributed by atoms with Crippen LogP contribution in [0.25, 0.3) is 0 Å². The Hall–Kier alpha value is -1.51. The molecule has 0 fully saturated rings. The quantitative estimate of drug-likeness (QED) is 0.841. The first kappa shape index (κ1) is 11.0. The molecule has 0 bridgehead atoms. The molecule has 0 saturated heterocycles. The molecule has 1 heterocycles. The van der Waals surface area contributed by atoms with E-state index in [0.717, 1.165) is 30.7 Å². The molecule has 0 unspecified atom stereocenters. The van der Waals surface area contributed by atoms with Gasteiger partial charge in [0.1, 0.15) is 12.4 Å². The molecule has 1 aliphatic rings. The van der Waals surface area contributed by atoms with E-state index in [2.05, 4.69) is 5.32 Å². The van der Waals surface area contributed by atoms with Crippen LogP contribution < -0.4 is 10.1 Å². The number of fused-ring (bicyclic) bond motifs is 1. The van der Waals surface area contributed by atoms with Crippen LogP contribution in [0, 0.1) is 5.92 Å². The maximum Gasteiger partial charge on any atom is 0.226 e. The van der Waals surface area contributed by atoms with E-state index in [1.54, 1.807) is 0 Å². The van der Waals surface area contributed by atoms with Gasteiger partial charge in [0, 0.05) is 6.54 Å². The largest absolute Gasteiger partial charge is 0.492 e. The number of benzene rings is 1. The summed E-state index contributed by atoms with van der Waals surface area (Å²) >= 11 is 0. The summed E-state index contributed by atoms with van der Waals surface area (Å²) in [5, 5.41) is 2.91. The normalized spacial score (nSPS) is 18.4. The lowest BCUT2D eigenvalue weighted by Crippen LogP contribution is -2.37. The SMILES string of the molecule is CCCNC(=O)[C@@H]1COc2ccccc2C1. The fraction of sp³-hybridized carbons (Fsp3) is 0.462. The van der Waals surface area contributed by atoms with E-state index in [9.17, 15) is 4.79 Å². The van der Waals surface area contributed by atoms with Crippen LogP contribution in [0.15, 0.2) is 24.3 Å². The molecule has 3 heteroatoms. The van der Waals surface area contributed by atoms with Crippen LogP contribution in [0.5, 0.6) is 5.75 Å². The lowest BCUT2D eigenvalue weighted by atomic mass is 9.96. The molecule has 1 aromatic carbocycles. The summed E-state index contributed by atoms with van der Waals surface area (Å²) in [4.78, 5) is 11.8. The van der Waals surface area contributed by atoms with Gasteiger partial charge in [-0.25, -0.2) is 0 Å². The number of ether oxygens (including phenoxy) is 1. The highest BCUT2D eigenvalue weighted by molar-refractivity contribution is 5.79. The number of carbonyl (C=O) groups is 1. The van der Waals surface area contributed by atoms with E-state index in [4.69, 9.17) is 4.74 Å². The van der Waals surface area contributed by atoms with Gasteiger partial charge in [0.15, 0.2) is 0 Å². The highest BCUT2D eigenvalue weighted by Gasteiger charge is 2.25. The second-order valence-corrected chi connectivity index (χ2v) is 4.11. The molecule has 2 rings (SSSR count). The van der Waals surface area contributed by atoms with E-state index in [0.29, 0.717) is 6.61 Å². The Morgan fingerprint density at radius 3 is 3.12 bits per heavy atom. The number of amides is 1. The number of carbonyl (C=O) groups excluding carboxylic acids is 1. The van der Waals surface area contributed by atoms with Gasteiger partial charge in [0.25, 0.3) is 0 Å². The molecule has 3 nitrogen and oxygen atoms in total. The minimum atomic E-state index is -0.0403. The van der Waals surface area contributed by atoms with Gasteiger partial charge in [-0.2, -0.15) is 0 Å². The van der Waals surface area contributed by atoms with Crippen LogP contribution >= 0.6 is 0 Å². The van der Waals surface area contributed by atoms with Crippen molar-refractivity contribution in [1.29, 1.82) is 0 Å². The molecule has 86 valence electrons. The molecule has 0 aliphatic carbocycles. The van der Waals surface area contributed by atoms with Crippen molar-refractivity contribution in [3.63, 3.8) is 0 Å². The molecule has 1 aliphatic heterocycles. The van der Waals surface area contributed by atoms with Gasteiger partial charge >= 0.3 is 0 Å². The maximum atomic E-state index is 11.8.